The summed E-state index contributed by atoms with van der Waals surface area (Å²) in [5.41, 5.74) is 19.5. The van der Waals surface area contributed by atoms with Gasteiger partial charge in [-0.05, 0) is 123 Å². The van der Waals surface area contributed by atoms with Crippen LogP contribution in [-0.4, -0.2) is 9.97 Å². The van der Waals surface area contributed by atoms with E-state index >= 15 is 0 Å². The molecule has 0 N–H and O–H groups in total. The Morgan fingerprint density at radius 2 is 1.06 bits per heavy atom. The average molecular weight is 631 g/mol. The Bertz CT molecular complexity index is 2660. The molecule has 2 heterocycles. The van der Waals surface area contributed by atoms with Crippen molar-refractivity contribution in [1.82, 2.24) is 9.97 Å². The summed E-state index contributed by atoms with van der Waals surface area (Å²) >= 11 is 0. The topological polar surface area (TPSA) is 25.8 Å². The van der Waals surface area contributed by atoms with Gasteiger partial charge in [-0.15, -0.1) is 0 Å². The summed E-state index contributed by atoms with van der Waals surface area (Å²) in [7, 11) is 0. The van der Waals surface area contributed by atoms with Crippen molar-refractivity contribution in [1.29, 1.82) is 0 Å². The molecule has 9 rings (SSSR count). The first kappa shape index (κ1) is 29.5. The van der Waals surface area contributed by atoms with Gasteiger partial charge < -0.3 is 0 Å². The van der Waals surface area contributed by atoms with Crippen molar-refractivity contribution in [3.63, 3.8) is 0 Å². The molecule has 0 saturated carbocycles. The largest absolute Gasteiger partial charge is 0.254 e. The summed E-state index contributed by atoms with van der Waals surface area (Å²) < 4.78 is 0. The summed E-state index contributed by atoms with van der Waals surface area (Å²) in [5, 5.41) is 4.84. The smallest absolute Gasteiger partial charge is 0.0975 e. The monoisotopic (exact) mass is 630 g/mol. The fraction of sp³-hybridized carbons (Fsp3) is 0.149. The Morgan fingerprint density at radius 1 is 0.469 bits per heavy atom. The van der Waals surface area contributed by atoms with Crippen LogP contribution in [0.1, 0.15) is 47.2 Å². The quantitative estimate of drug-likeness (QED) is 0.182. The lowest BCUT2D eigenvalue weighted by Crippen LogP contribution is -2.14. The van der Waals surface area contributed by atoms with E-state index in [1.165, 1.54) is 88.3 Å². The number of nitrogens with zero attached hydrogens (tertiary/aromatic N) is 2. The van der Waals surface area contributed by atoms with Crippen molar-refractivity contribution in [2.75, 3.05) is 0 Å². The van der Waals surface area contributed by atoms with E-state index in [-0.39, 0.29) is 5.41 Å². The van der Waals surface area contributed by atoms with Gasteiger partial charge in [-0.25, -0.2) is 4.98 Å². The zero-order valence-corrected chi connectivity index (χ0v) is 28.9. The maximum atomic E-state index is 5.27. The van der Waals surface area contributed by atoms with Crippen LogP contribution in [0.4, 0.5) is 0 Å². The number of hydrogen-bond acceptors (Lipinski definition) is 2. The van der Waals surface area contributed by atoms with Gasteiger partial charge in [0.05, 0.1) is 16.7 Å². The van der Waals surface area contributed by atoms with Crippen molar-refractivity contribution >= 4 is 32.6 Å². The van der Waals surface area contributed by atoms with Crippen LogP contribution in [0, 0.1) is 27.7 Å². The van der Waals surface area contributed by atoms with Crippen molar-refractivity contribution in [2.45, 2.75) is 47.0 Å². The van der Waals surface area contributed by atoms with Crippen molar-refractivity contribution in [3.8, 4) is 44.6 Å². The minimum atomic E-state index is -0.0133. The van der Waals surface area contributed by atoms with Crippen LogP contribution < -0.4 is 0 Å². The number of benzene rings is 6. The van der Waals surface area contributed by atoms with Gasteiger partial charge in [0.1, 0.15) is 0 Å². The first-order valence-electron chi connectivity index (χ1n) is 17.2. The minimum Gasteiger partial charge on any atom is -0.254 e. The second kappa shape index (κ2) is 10.7. The first-order valence-corrected chi connectivity index (χ1v) is 17.2. The molecule has 0 aliphatic heterocycles. The first-order chi connectivity index (χ1) is 23.7. The standard InChI is InChI=1S/C47H38N2/c1-27-26-48-45-38(28(27)2)21-22-39-29(3)30(4)44(49-46(39)45)33-15-11-31(12-16-33)34-17-13-32-14-18-35(24-37(32)23-34)36-19-20-41-40-9-7-8-10-42(40)47(5,6)43(41)25-36/h7-26H,1-6H3. The Morgan fingerprint density at radius 3 is 1.82 bits per heavy atom. The van der Waals surface area contributed by atoms with Crippen LogP contribution in [0.15, 0.2) is 121 Å². The molecule has 2 heteroatoms. The number of fused-ring (bicyclic) bond motifs is 7. The molecule has 0 fully saturated rings. The summed E-state index contributed by atoms with van der Waals surface area (Å²) in [6.45, 7) is 13.4. The molecule has 0 radical (unpaired) electrons. The lowest BCUT2D eigenvalue weighted by atomic mass is 9.81. The second-order valence-electron chi connectivity index (χ2n) is 14.4. The minimum absolute atomic E-state index is 0.0133. The molecule has 0 bridgehead atoms. The highest BCUT2D eigenvalue weighted by molar-refractivity contribution is 6.06. The van der Waals surface area contributed by atoms with E-state index in [4.69, 9.17) is 9.97 Å². The molecule has 49 heavy (non-hydrogen) atoms. The van der Waals surface area contributed by atoms with Gasteiger partial charge in [-0.3, -0.25) is 4.98 Å². The summed E-state index contributed by atoms with van der Waals surface area (Å²) in [6, 6.07) is 42.8. The summed E-state index contributed by atoms with van der Waals surface area (Å²) in [5.74, 6) is 0. The predicted molar refractivity (Wildman–Crippen MR) is 207 cm³/mol. The van der Waals surface area contributed by atoms with Crippen molar-refractivity contribution in [2.24, 2.45) is 0 Å². The third-order valence-corrected chi connectivity index (χ3v) is 11.3. The SMILES string of the molecule is Cc1cnc2c(ccc3c(C)c(C)c(-c4ccc(-c5ccc6ccc(-c7ccc8c(c7)C(C)(C)c7ccccc7-8)cc6c5)cc4)nc32)c1C. The molecule has 0 unspecified atom stereocenters. The molecule has 1 aliphatic carbocycles. The number of aryl methyl sites for hydroxylation is 3. The molecular formula is C47H38N2. The van der Waals surface area contributed by atoms with E-state index in [1.54, 1.807) is 0 Å². The molecule has 236 valence electrons. The van der Waals surface area contributed by atoms with Gasteiger partial charge in [0.2, 0.25) is 0 Å². The van der Waals surface area contributed by atoms with Crippen LogP contribution >= 0.6 is 0 Å². The molecule has 8 aromatic rings. The number of aromatic nitrogens is 2. The zero-order valence-electron chi connectivity index (χ0n) is 28.9. The third kappa shape index (κ3) is 4.47. The van der Waals surface area contributed by atoms with Crippen LogP contribution in [0.3, 0.4) is 0 Å². The number of rotatable bonds is 3. The van der Waals surface area contributed by atoms with Crippen LogP contribution in [0.2, 0.25) is 0 Å². The van der Waals surface area contributed by atoms with Crippen LogP contribution in [0.25, 0.3) is 77.2 Å². The fourth-order valence-electron chi connectivity index (χ4n) is 8.07. The van der Waals surface area contributed by atoms with Crippen molar-refractivity contribution in [3.05, 3.63) is 155 Å². The van der Waals surface area contributed by atoms with Gasteiger partial charge in [0.15, 0.2) is 0 Å². The maximum absolute atomic E-state index is 5.27. The molecule has 0 saturated heterocycles. The zero-order chi connectivity index (χ0) is 33.6. The fourth-order valence-corrected chi connectivity index (χ4v) is 8.07. The molecule has 0 spiro atoms. The van der Waals surface area contributed by atoms with Gasteiger partial charge in [0.25, 0.3) is 0 Å². The molecule has 2 nitrogen and oxygen atoms in total. The highest BCUT2D eigenvalue weighted by Gasteiger charge is 2.35. The number of hydrogen-bond donors (Lipinski definition) is 0. The van der Waals surface area contributed by atoms with E-state index in [2.05, 4.69) is 157 Å². The van der Waals surface area contributed by atoms with E-state index in [0.29, 0.717) is 0 Å². The lowest BCUT2D eigenvalue weighted by molar-refractivity contribution is 0.660. The van der Waals surface area contributed by atoms with Gasteiger partial charge in [-0.1, -0.05) is 111 Å². The maximum Gasteiger partial charge on any atom is 0.0975 e. The normalized spacial score (nSPS) is 13.3. The Labute approximate surface area is 288 Å². The van der Waals surface area contributed by atoms with Crippen molar-refractivity contribution < 1.29 is 0 Å². The average Bonchev–Trinajstić information content (AvgIpc) is 3.36. The second-order valence-corrected chi connectivity index (χ2v) is 14.4. The molecule has 0 atom stereocenters. The Kier molecular flexibility index (Phi) is 6.45. The predicted octanol–water partition coefficient (Wildman–Crippen LogP) is 12.5. The lowest BCUT2D eigenvalue weighted by Gasteiger charge is -2.22. The van der Waals surface area contributed by atoms with E-state index < -0.39 is 0 Å². The number of pyridine rings is 2. The van der Waals surface area contributed by atoms with Gasteiger partial charge in [-0.2, -0.15) is 0 Å². The van der Waals surface area contributed by atoms with Gasteiger partial charge >= 0.3 is 0 Å². The van der Waals surface area contributed by atoms with E-state index in [1.807, 2.05) is 6.20 Å². The Balaban J connectivity index is 1.07. The molecular weight excluding hydrogens is 593 g/mol. The third-order valence-electron chi connectivity index (χ3n) is 11.3. The summed E-state index contributed by atoms with van der Waals surface area (Å²) in [6.07, 6.45) is 1.97. The van der Waals surface area contributed by atoms with Crippen LogP contribution in [0.5, 0.6) is 0 Å². The molecule has 6 aromatic carbocycles. The van der Waals surface area contributed by atoms with E-state index in [9.17, 15) is 0 Å². The van der Waals surface area contributed by atoms with Gasteiger partial charge in [0, 0.05) is 27.9 Å². The van der Waals surface area contributed by atoms with E-state index in [0.717, 1.165) is 22.3 Å². The molecule has 2 aromatic heterocycles. The molecule has 0 amide bonds. The molecule has 1 aliphatic rings. The summed E-state index contributed by atoms with van der Waals surface area (Å²) in [4.78, 5) is 10.1. The highest BCUT2D eigenvalue weighted by atomic mass is 14.8. The Hall–Kier alpha value is -5.60. The highest BCUT2D eigenvalue weighted by Crippen LogP contribution is 2.49. The van der Waals surface area contributed by atoms with Crippen LogP contribution in [-0.2, 0) is 5.41 Å².